The fraction of sp³-hybridized carbons (Fsp3) is 0.0909. The van der Waals surface area contributed by atoms with E-state index in [9.17, 15) is 9.18 Å². The molecule has 0 aliphatic heterocycles. The summed E-state index contributed by atoms with van der Waals surface area (Å²) < 4.78 is 14.6. The minimum atomic E-state index is -0.643. The number of nitrogens with zero attached hydrogens (tertiary/aromatic N) is 2. The lowest BCUT2D eigenvalue weighted by molar-refractivity contribution is 0.103. The van der Waals surface area contributed by atoms with Crippen LogP contribution in [0.15, 0.2) is 24.4 Å². The lowest BCUT2D eigenvalue weighted by Crippen LogP contribution is -2.09. The maximum absolute atomic E-state index is 13.2. The van der Waals surface area contributed by atoms with Gasteiger partial charge in [0.25, 0.3) is 0 Å². The second-order valence-electron chi connectivity index (χ2n) is 3.42. The van der Waals surface area contributed by atoms with Gasteiger partial charge in [0, 0.05) is 12.6 Å². The van der Waals surface area contributed by atoms with Gasteiger partial charge in [0.05, 0.1) is 16.2 Å². The Labute approximate surface area is 107 Å². The highest BCUT2D eigenvalue weighted by Gasteiger charge is 2.18. The molecule has 0 saturated heterocycles. The van der Waals surface area contributed by atoms with E-state index in [0.29, 0.717) is 0 Å². The second-order valence-corrected chi connectivity index (χ2v) is 4.24. The SMILES string of the molecule is Cn1ncc(Cl)c1C(=O)c1ccc(Cl)c(F)c1. The number of carbonyl (C=O) groups is 1. The van der Waals surface area contributed by atoms with E-state index < -0.39 is 11.6 Å². The zero-order valence-corrected chi connectivity index (χ0v) is 10.3. The van der Waals surface area contributed by atoms with Crippen molar-refractivity contribution in [2.75, 3.05) is 0 Å². The Hall–Kier alpha value is -1.39. The standard InChI is InChI=1S/C11H7Cl2FN2O/c1-16-10(8(13)5-15-16)11(17)6-2-3-7(12)9(14)4-6/h2-5H,1H3. The molecule has 1 aromatic carbocycles. The molecule has 88 valence electrons. The Morgan fingerprint density at radius 2 is 2.06 bits per heavy atom. The molecule has 0 radical (unpaired) electrons. The molecule has 1 heterocycles. The molecule has 3 nitrogen and oxygen atoms in total. The Bertz CT molecular complexity index is 576. The molecule has 0 aliphatic carbocycles. The van der Waals surface area contributed by atoms with Crippen molar-refractivity contribution in [1.29, 1.82) is 0 Å². The van der Waals surface area contributed by atoms with Crippen molar-refractivity contribution in [2.45, 2.75) is 0 Å². The first-order chi connectivity index (χ1) is 8.00. The average molecular weight is 273 g/mol. The molecule has 0 atom stereocenters. The number of aryl methyl sites for hydroxylation is 1. The van der Waals surface area contributed by atoms with Crippen LogP contribution in [0, 0.1) is 5.82 Å². The van der Waals surface area contributed by atoms with Crippen molar-refractivity contribution in [2.24, 2.45) is 7.05 Å². The largest absolute Gasteiger partial charge is 0.287 e. The highest BCUT2D eigenvalue weighted by molar-refractivity contribution is 6.34. The molecule has 0 spiro atoms. The van der Waals surface area contributed by atoms with E-state index in [1.807, 2.05) is 0 Å². The van der Waals surface area contributed by atoms with Gasteiger partial charge in [-0.15, -0.1) is 0 Å². The van der Waals surface area contributed by atoms with Gasteiger partial charge in [0.15, 0.2) is 0 Å². The first kappa shape index (κ1) is 12.1. The molecule has 6 heteroatoms. The molecular weight excluding hydrogens is 266 g/mol. The third-order valence-corrected chi connectivity index (χ3v) is 2.87. The van der Waals surface area contributed by atoms with Gasteiger partial charge in [-0.2, -0.15) is 5.10 Å². The topological polar surface area (TPSA) is 34.9 Å². The summed E-state index contributed by atoms with van der Waals surface area (Å²) in [6.07, 6.45) is 1.36. The Balaban J connectivity index is 2.48. The van der Waals surface area contributed by atoms with E-state index in [1.165, 1.54) is 23.0 Å². The van der Waals surface area contributed by atoms with Crippen molar-refractivity contribution in [3.63, 3.8) is 0 Å². The first-order valence-electron chi connectivity index (χ1n) is 4.68. The number of carbonyl (C=O) groups excluding carboxylic acids is 1. The number of hydrogen-bond acceptors (Lipinski definition) is 2. The van der Waals surface area contributed by atoms with Crippen LogP contribution in [-0.2, 0) is 7.05 Å². The van der Waals surface area contributed by atoms with Gasteiger partial charge in [-0.3, -0.25) is 9.48 Å². The summed E-state index contributed by atoms with van der Waals surface area (Å²) in [5.41, 5.74) is 0.394. The van der Waals surface area contributed by atoms with Crippen LogP contribution in [0.4, 0.5) is 4.39 Å². The monoisotopic (exact) mass is 272 g/mol. The van der Waals surface area contributed by atoms with Gasteiger partial charge < -0.3 is 0 Å². The highest BCUT2D eigenvalue weighted by atomic mass is 35.5. The van der Waals surface area contributed by atoms with E-state index in [0.717, 1.165) is 6.07 Å². The minimum Gasteiger partial charge on any atom is -0.287 e. The molecule has 0 saturated carbocycles. The normalized spacial score (nSPS) is 10.6. The van der Waals surface area contributed by atoms with Crippen LogP contribution in [0.25, 0.3) is 0 Å². The maximum atomic E-state index is 13.2. The van der Waals surface area contributed by atoms with Gasteiger partial charge in [-0.05, 0) is 18.2 Å². The fourth-order valence-corrected chi connectivity index (χ4v) is 1.81. The summed E-state index contributed by atoms with van der Waals surface area (Å²) in [6, 6.07) is 3.85. The molecule has 0 amide bonds. The predicted molar refractivity (Wildman–Crippen MR) is 63.1 cm³/mol. The fourth-order valence-electron chi connectivity index (χ4n) is 1.44. The van der Waals surface area contributed by atoms with E-state index in [-0.39, 0.29) is 21.3 Å². The molecule has 0 N–H and O–H groups in total. The minimum absolute atomic E-state index is 0.0300. The average Bonchev–Trinajstić information content (AvgIpc) is 2.62. The smallest absolute Gasteiger partial charge is 0.212 e. The highest BCUT2D eigenvalue weighted by Crippen LogP contribution is 2.21. The molecule has 0 bridgehead atoms. The van der Waals surface area contributed by atoms with Gasteiger partial charge in [0.1, 0.15) is 11.5 Å². The van der Waals surface area contributed by atoms with Crippen LogP contribution in [0.1, 0.15) is 16.1 Å². The molecule has 2 aromatic rings. The van der Waals surface area contributed by atoms with Crippen molar-refractivity contribution in [3.8, 4) is 0 Å². The molecule has 0 aliphatic rings. The molecule has 1 aromatic heterocycles. The van der Waals surface area contributed by atoms with Gasteiger partial charge >= 0.3 is 0 Å². The van der Waals surface area contributed by atoms with Crippen molar-refractivity contribution in [3.05, 3.63) is 51.5 Å². The van der Waals surface area contributed by atoms with Crippen LogP contribution >= 0.6 is 23.2 Å². The zero-order chi connectivity index (χ0) is 12.6. The van der Waals surface area contributed by atoms with E-state index >= 15 is 0 Å². The predicted octanol–water partition coefficient (Wildman–Crippen LogP) is 3.10. The van der Waals surface area contributed by atoms with Gasteiger partial charge in [0.2, 0.25) is 5.78 Å². The lowest BCUT2D eigenvalue weighted by Gasteiger charge is -2.03. The molecule has 0 unspecified atom stereocenters. The van der Waals surface area contributed by atoms with Crippen LogP contribution in [-0.4, -0.2) is 15.6 Å². The zero-order valence-electron chi connectivity index (χ0n) is 8.75. The lowest BCUT2D eigenvalue weighted by atomic mass is 10.1. The van der Waals surface area contributed by atoms with Crippen molar-refractivity contribution in [1.82, 2.24) is 9.78 Å². The molecule has 17 heavy (non-hydrogen) atoms. The number of rotatable bonds is 2. The van der Waals surface area contributed by atoms with Crippen LogP contribution in [0.2, 0.25) is 10.0 Å². The summed E-state index contributed by atoms with van der Waals surface area (Å²) in [5.74, 6) is -1.04. The van der Waals surface area contributed by atoms with Crippen molar-refractivity contribution < 1.29 is 9.18 Å². The number of aromatic nitrogens is 2. The Kier molecular flexibility index (Phi) is 3.17. The van der Waals surface area contributed by atoms with E-state index in [1.54, 1.807) is 7.05 Å². The number of ketones is 1. The Morgan fingerprint density at radius 1 is 1.35 bits per heavy atom. The summed E-state index contributed by atoms with van der Waals surface area (Å²) in [6.45, 7) is 0. The first-order valence-corrected chi connectivity index (χ1v) is 5.43. The molecule has 0 fully saturated rings. The summed E-state index contributed by atoms with van der Waals surface area (Å²) in [7, 11) is 1.59. The van der Waals surface area contributed by atoms with E-state index in [4.69, 9.17) is 23.2 Å². The third kappa shape index (κ3) is 2.18. The van der Waals surface area contributed by atoms with Gasteiger partial charge in [-0.1, -0.05) is 23.2 Å². The molecular formula is C11H7Cl2FN2O. The maximum Gasteiger partial charge on any atom is 0.212 e. The van der Waals surface area contributed by atoms with Crippen LogP contribution in [0.3, 0.4) is 0 Å². The quantitative estimate of drug-likeness (QED) is 0.788. The second kappa shape index (κ2) is 4.47. The van der Waals surface area contributed by atoms with Crippen LogP contribution in [0.5, 0.6) is 0 Å². The number of benzene rings is 1. The molecule has 2 rings (SSSR count). The summed E-state index contributed by atoms with van der Waals surface area (Å²) >= 11 is 11.4. The Morgan fingerprint density at radius 3 is 2.59 bits per heavy atom. The van der Waals surface area contributed by atoms with E-state index in [2.05, 4.69) is 5.10 Å². The third-order valence-electron chi connectivity index (χ3n) is 2.29. The summed E-state index contributed by atoms with van der Waals surface area (Å²) in [4.78, 5) is 12.1. The number of hydrogen-bond donors (Lipinski definition) is 0. The summed E-state index contributed by atoms with van der Waals surface area (Å²) in [5, 5.41) is 4.05. The van der Waals surface area contributed by atoms with Crippen LogP contribution < -0.4 is 0 Å². The van der Waals surface area contributed by atoms with Crippen molar-refractivity contribution >= 4 is 29.0 Å². The number of halogens is 3. The van der Waals surface area contributed by atoms with Gasteiger partial charge in [-0.25, -0.2) is 4.39 Å².